The Hall–Kier alpha value is -2.15. The fourth-order valence-corrected chi connectivity index (χ4v) is 1.03. The van der Waals surface area contributed by atoms with Gasteiger partial charge in [0, 0.05) is 18.8 Å². The van der Waals surface area contributed by atoms with Crippen molar-refractivity contribution in [3.05, 3.63) is 51.7 Å². The maximum atomic E-state index is 10.4. The quantitative estimate of drug-likeness (QED) is 0.349. The molecule has 0 unspecified atom stereocenters. The van der Waals surface area contributed by atoms with Crippen molar-refractivity contribution in [1.29, 1.82) is 0 Å². The molecular weight excluding hydrogens is 198 g/mol. The van der Waals surface area contributed by atoms with Gasteiger partial charge in [0.15, 0.2) is 0 Å². The first kappa shape index (κ1) is 10.9. The molecule has 0 bridgehead atoms. The van der Waals surface area contributed by atoms with Gasteiger partial charge in [-0.1, -0.05) is 6.07 Å². The first-order valence-corrected chi connectivity index (χ1v) is 4.13. The number of allylic oxidation sites excluding steroid dienone is 1. The van der Waals surface area contributed by atoms with Crippen LogP contribution in [0.15, 0.2) is 36.0 Å². The average molecular weight is 209 g/mol. The molecule has 1 aromatic heterocycles. The van der Waals surface area contributed by atoms with Gasteiger partial charge < -0.3 is 15.5 Å². The molecule has 0 aliphatic heterocycles. The van der Waals surface area contributed by atoms with Crippen LogP contribution < -0.4 is 17.0 Å². The Kier molecular flexibility index (Phi) is 3.58. The number of nitrogens with zero attached hydrogens (tertiary/aromatic N) is 2. The normalized spacial score (nSPS) is 11.8. The second-order valence-electron chi connectivity index (χ2n) is 2.80. The van der Waals surface area contributed by atoms with Gasteiger partial charge >= 0.3 is 5.82 Å². The molecule has 0 saturated carbocycles. The highest BCUT2D eigenvalue weighted by Crippen LogP contribution is 2.05. The number of rotatable bonds is 4. The largest absolute Gasteiger partial charge is 0.358 e. The van der Waals surface area contributed by atoms with E-state index in [2.05, 4.69) is 10.4 Å². The molecular formula is C8H11N5O2. The fourth-order valence-electron chi connectivity index (χ4n) is 1.03. The van der Waals surface area contributed by atoms with E-state index in [0.717, 1.165) is 5.56 Å². The van der Waals surface area contributed by atoms with Crippen molar-refractivity contribution in [2.24, 2.45) is 11.6 Å². The Labute approximate surface area is 85.9 Å². The number of hydrogen-bond acceptors (Lipinski definition) is 6. The fraction of sp³-hybridized carbons (Fsp3) is 0.125. The van der Waals surface area contributed by atoms with E-state index in [1.165, 1.54) is 0 Å². The van der Waals surface area contributed by atoms with E-state index in [-0.39, 0.29) is 12.1 Å². The zero-order valence-corrected chi connectivity index (χ0v) is 7.88. The standard InChI is InChI=1S/C8H11N5O2/c9-8(13(14)15)7(12-10)4-6-2-1-3-11-5-6/h1-3,5,12H,4,9-10H2. The molecule has 15 heavy (non-hydrogen) atoms. The molecule has 0 spiro atoms. The topological polar surface area (TPSA) is 120 Å². The summed E-state index contributed by atoms with van der Waals surface area (Å²) < 4.78 is 0. The van der Waals surface area contributed by atoms with Crippen LogP contribution in [0.2, 0.25) is 0 Å². The van der Waals surface area contributed by atoms with Crippen molar-refractivity contribution in [1.82, 2.24) is 10.4 Å². The minimum Gasteiger partial charge on any atom is -0.358 e. The lowest BCUT2D eigenvalue weighted by Gasteiger charge is -2.06. The highest BCUT2D eigenvalue weighted by Gasteiger charge is 2.11. The van der Waals surface area contributed by atoms with Crippen LogP contribution in [-0.4, -0.2) is 9.91 Å². The summed E-state index contributed by atoms with van der Waals surface area (Å²) in [5.41, 5.74) is 8.40. The van der Waals surface area contributed by atoms with Crippen molar-refractivity contribution < 1.29 is 4.92 Å². The third kappa shape index (κ3) is 2.92. The van der Waals surface area contributed by atoms with E-state index in [0.29, 0.717) is 0 Å². The molecule has 7 nitrogen and oxygen atoms in total. The summed E-state index contributed by atoms with van der Waals surface area (Å²) in [5.74, 6) is 4.66. The molecule has 80 valence electrons. The lowest BCUT2D eigenvalue weighted by Crippen LogP contribution is -2.28. The third-order valence-electron chi connectivity index (χ3n) is 1.78. The SMILES string of the molecule is NNC(Cc1cccnc1)=C(N)[N+](=O)[O-]. The Morgan fingerprint density at radius 3 is 2.87 bits per heavy atom. The minimum absolute atomic E-state index is 0.160. The summed E-state index contributed by atoms with van der Waals surface area (Å²) in [5, 5.41) is 10.4. The predicted octanol–water partition coefficient (Wildman–Crippen LogP) is -0.508. The molecule has 1 aromatic rings. The molecule has 0 aromatic carbocycles. The van der Waals surface area contributed by atoms with Crippen molar-refractivity contribution in [2.75, 3.05) is 0 Å². The monoisotopic (exact) mass is 209 g/mol. The van der Waals surface area contributed by atoms with Crippen LogP contribution in [0.25, 0.3) is 0 Å². The first-order valence-electron chi connectivity index (χ1n) is 4.13. The van der Waals surface area contributed by atoms with E-state index in [4.69, 9.17) is 11.6 Å². The molecule has 0 amide bonds. The van der Waals surface area contributed by atoms with Crippen molar-refractivity contribution >= 4 is 0 Å². The molecule has 1 rings (SSSR count). The Bertz CT molecular complexity index is 376. The number of hydrogen-bond donors (Lipinski definition) is 3. The van der Waals surface area contributed by atoms with Crippen LogP contribution in [0.3, 0.4) is 0 Å². The number of nitro groups is 1. The number of aromatic nitrogens is 1. The Morgan fingerprint density at radius 2 is 2.40 bits per heavy atom. The maximum absolute atomic E-state index is 10.4. The van der Waals surface area contributed by atoms with Gasteiger partial charge in [-0.05, 0) is 16.6 Å². The summed E-state index contributed by atoms with van der Waals surface area (Å²) in [6.07, 6.45) is 3.45. The van der Waals surface area contributed by atoms with Gasteiger partial charge in [0.25, 0.3) is 0 Å². The van der Waals surface area contributed by atoms with E-state index in [1.807, 2.05) is 0 Å². The second kappa shape index (κ2) is 4.91. The van der Waals surface area contributed by atoms with Crippen molar-refractivity contribution in [2.45, 2.75) is 6.42 Å². The second-order valence-corrected chi connectivity index (χ2v) is 2.80. The van der Waals surface area contributed by atoms with Gasteiger partial charge in [-0.15, -0.1) is 0 Å². The molecule has 0 radical (unpaired) electrons. The maximum Gasteiger partial charge on any atom is 0.334 e. The van der Waals surface area contributed by atoms with E-state index in [1.54, 1.807) is 24.5 Å². The molecule has 1 heterocycles. The molecule has 0 fully saturated rings. The highest BCUT2D eigenvalue weighted by atomic mass is 16.6. The van der Waals surface area contributed by atoms with Gasteiger partial charge in [-0.2, -0.15) is 0 Å². The van der Waals surface area contributed by atoms with Crippen LogP contribution in [0.5, 0.6) is 0 Å². The van der Waals surface area contributed by atoms with E-state index < -0.39 is 10.7 Å². The first-order chi connectivity index (χ1) is 7.15. The number of nitrogens with two attached hydrogens (primary N) is 2. The van der Waals surface area contributed by atoms with E-state index in [9.17, 15) is 10.1 Å². The van der Waals surface area contributed by atoms with Gasteiger partial charge in [-0.3, -0.25) is 16.6 Å². The molecule has 0 saturated heterocycles. The Balaban J connectivity index is 2.88. The summed E-state index contributed by atoms with van der Waals surface area (Å²) in [7, 11) is 0. The van der Waals surface area contributed by atoms with Crippen molar-refractivity contribution in [3.63, 3.8) is 0 Å². The zero-order valence-electron chi connectivity index (χ0n) is 7.88. The Morgan fingerprint density at radius 1 is 1.67 bits per heavy atom. The third-order valence-corrected chi connectivity index (χ3v) is 1.78. The minimum atomic E-state index is -0.689. The highest BCUT2D eigenvalue weighted by molar-refractivity contribution is 5.18. The van der Waals surface area contributed by atoms with Crippen LogP contribution in [0.1, 0.15) is 5.56 Å². The van der Waals surface area contributed by atoms with Gasteiger partial charge in [-0.25, -0.2) is 0 Å². The average Bonchev–Trinajstić information content (AvgIpc) is 2.26. The van der Waals surface area contributed by atoms with E-state index >= 15 is 0 Å². The summed E-state index contributed by atoms with van der Waals surface area (Å²) in [6, 6.07) is 3.50. The summed E-state index contributed by atoms with van der Waals surface area (Å²) in [4.78, 5) is 13.6. The van der Waals surface area contributed by atoms with Crippen LogP contribution >= 0.6 is 0 Å². The van der Waals surface area contributed by atoms with Gasteiger partial charge in [0.05, 0.1) is 0 Å². The zero-order chi connectivity index (χ0) is 11.3. The number of pyridine rings is 1. The van der Waals surface area contributed by atoms with Crippen molar-refractivity contribution in [3.8, 4) is 0 Å². The smallest absolute Gasteiger partial charge is 0.334 e. The molecule has 0 aliphatic carbocycles. The molecule has 0 atom stereocenters. The van der Waals surface area contributed by atoms with Gasteiger partial charge in [0.1, 0.15) is 5.70 Å². The van der Waals surface area contributed by atoms with Crippen LogP contribution in [0.4, 0.5) is 0 Å². The lowest BCUT2D eigenvalue weighted by atomic mass is 10.1. The molecule has 0 aliphatic rings. The number of nitrogens with one attached hydrogen (secondary N) is 1. The summed E-state index contributed by atoms with van der Waals surface area (Å²) in [6.45, 7) is 0. The van der Waals surface area contributed by atoms with Crippen LogP contribution in [-0.2, 0) is 6.42 Å². The molecule has 7 heteroatoms. The summed E-state index contributed by atoms with van der Waals surface area (Å²) >= 11 is 0. The lowest BCUT2D eigenvalue weighted by molar-refractivity contribution is -0.428. The van der Waals surface area contributed by atoms with Gasteiger partial charge in [0.2, 0.25) is 0 Å². The molecule has 5 N–H and O–H groups in total. The number of hydrazine groups is 1. The van der Waals surface area contributed by atoms with Crippen LogP contribution in [0, 0.1) is 10.1 Å². The predicted molar refractivity (Wildman–Crippen MR) is 53.5 cm³/mol.